The van der Waals surface area contributed by atoms with Crippen LogP contribution >= 0.6 is 0 Å². The van der Waals surface area contributed by atoms with Crippen LogP contribution in [0, 0.1) is 0 Å². The Morgan fingerprint density at radius 1 is 0.270 bits per heavy atom. The Bertz CT molecular complexity index is 6560. The molecular weight excluding hydrogens is 1230 g/mol. The highest BCUT2D eigenvalue weighted by Gasteiger charge is 2.30. The van der Waals surface area contributed by atoms with Gasteiger partial charge < -0.3 is 23.3 Å². The number of fused-ring (bicyclic) bond motifs is 15. The van der Waals surface area contributed by atoms with Gasteiger partial charge in [0.05, 0.1) is 89.5 Å². The fraction of sp³-hybridized carbons (Fsp3) is 0.0690. The molecule has 13 heteroatoms. The summed E-state index contributed by atoms with van der Waals surface area (Å²) in [6, 6.07) is 94.4. The van der Waals surface area contributed by atoms with Crippen LogP contribution < -0.4 is 14.2 Å². The zero-order valence-corrected chi connectivity index (χ0v) is 54.8. The van der Waals surface area contributed by atoms with Crippen molar-refractivity contribution in [2.24, 2.45) is 0 Å². The van der Waals surface area contributed by atoms with Gasteiger partial charge in [-0.15, -0.1) is 0 Å². The summed E-state index contributed by atoms with van der Waals surface area (Å²) in [4.78, 5) is 25.1. The van der Waals surface area contributed by atoms with Gasteiger partial charge in [-0.2, -0.15) is 0 Å². The molecule has 0 fully saturated rings. The number of para-hydroxylation sites is 11. The molecule has 0 atom stereocenters. The molecule has 0 amide bonds. The van der Waals surface area contributed by atoms with E-state index < -0.39 is 0 Å². The first-order valence-electron chi connectivity index (χ1n) is 34.2. The second-order valence-electron chi connectivity index (χ2n) is 25.5. The van der Waals surface area contributed by atoms with Crippen molar-refractivity contribution in [1.82, 2.24) is 47.8 Å². The minimum atomic E-state index is 0.785. The smallest absolute Gasteiger partial charge is 0.155 e. The zero-order chi connectivity index (χ0) is 66.3. The largest absolute Gasteiger partial charge is 0.453 e. The predicted octanol–water partition coefficient (Wildman–Crippen LogP) is 21.7. The number of aryl methyl sites for hydroxylation is 3. The minimum Gasteiger partial charge on any atom is -0.453 e. The summed E-state index contributed by atoms with van der Waals surface area (Å²) in [6.45, 7) is 6.43. The van der Waals surface area contributed by atoms with Crippen LogP contribution in [0.15, 0.2) is 273 Å². The molecule has 0 radical (unpaired) electrons. The molecule has 19 aromatic rings. The van der Waals surface area contributed by atoms with Crippen molar-refractivity contribution >= 4 is 98.5 Å². The molecule has 0 spiro atoms. The van der Waals surface area contributed by atoms with E-state index in [1.165, 1.54) is 54.4 Å². The first-order chi connectivity index (χ1) is 49.4. The summed E-state index contributed by atoms with van der Waals surface area (Å²) in [5.74, 6) is 8.13. The quantitative estimate of drug-likeness (QED) is 0.155. The Labute approximate surface area is 573 Å². The zero-order valence-electron chi connectivity index (χ0n) is 54.8. The van der Waals surface area contributed by atoms with E-state index in [2.05, 4.69) is 226 Å². The molecule has 0 unspecified atom stereocenters. The van der Waals surface area contributed by atoms with E-state index in [4.69, 9.17) is 39.1 Å². The van der Waals surface area contributed by atoms with Gasteiger partial charge in [-0.3, -0.25) is 13.7 Å². The number of imidazole rings is 3. The van der Waals surface area contributed by atoms with E-state index in [9.17, 15) is 0 Å². The fourth-order valence-electron chi connectivity index (χ4n) is 15.5. The van der Waals surface area contributed by atoms with Crippen LogP contribution in [-0.4, -0.2) is 47.8 Å². The topological polar surface area (TPSA) is 117 Å². The fourth-order valence-corrected chi connectivity index (χ4v) is 15.5. The van der Waals surface area contributed by atoms with E-state index in [-0.39, 0.29) is 0 Å². The van der Waals surface area contributed by atoms with Gasteiger partial charge in [-0.05, 0) is 108 Å². The molecule has 13 aromatic carbocycles. The Hall–Kier alpha value is -13.1. The van der Waals surface area contributed by atoms with Gasteiger partial charge in [0.1, 0.15) is 34.0 Å². The van der Waals surface area contributed by atoms with Crippen molar-refractivity contribution in [3.63, 3.8) is 0 Å². The van der Waals surface area contributed by atoms with Gasteiger partial charge in [0.25, 0.3) is 0 Å². The standard InChI is InChI=1S/C31H21N3O.C29H20N4O.C27H19N3O/c1-2-29-32-23-17-20(18-28-31(23)34(29)25-13-7-8-14-27(25)35-28)33-24-12-6-5-11-22(24)30-21-10-4-3-9-19(21)15-16-26(30)33;1-2-26-30-22-16-19(17-25-29(22)33(26)23-14-8-9-15-24(23)34-25)28-27(18-10-4-3-5-11-18)31-20-12-6-7-13-21(20)32-28;1-2-26-28-20-15-17(16-25-27(20)30(26)23-13-7-8-14-24(23)31-25)29-21-11-5-3-9-18(21)19-10-4-6-12-22(19)29/h3-18H,2H2,1H3;3-17H,2H2,1H3;3-16H,2H2,1H3. The SMILES string of the molecule is CCc1nc2cc(-c3nc4ccccc4nc3-c3ccccc3)cc3c2n1-c1ccccc1O3.CCc1nc2cc(-n3c4ccccc4c4c5ccccc5ccc43)cc3c2n1-c1ccccc1O3.CCc1nc2cc(-n3c4ccccc4c4ccccc43)cc3c2n1-c1ccccc1O3. The number of hydrogen-bond acceptors (Lipinski definition) is 8. The summed E-state index contributed by atoms with van der Waals surface area (Å²) in [6.07, 6.45) is 2.52. The van der Waals surface area contributed by atoms with E-state index in [1.807, 2.05) is 91.0 Å². The van der Waals surface area contributed by atoms with Crippen LogP contribution in [0.4, 0.5) is 0 Å². The van der Waals surface area contributed by atoms with Crippen LogP contribution in [0.2, 0.25) is 0 Å². The minimum absolute atomic E-state index is 0.785. The number of aromatic nitrogens is 10. The highest BCUT2D eigenvalue weighted by molar-refractivity contribution is 6.21. The van der Waals surface area contributed by atoms with E-state index in [0.717, 1.165) is 166 Å². The molecule has 0 aliphatic carbocycles. The van der Waals surface area contributed by atoms with Crippen molar-refractivity contribution < 1.29 is 14.2 Å². The molecule has 13 nitrogen and oxygen atoms in total. The lowest BCUT2D eigenvalue weighted by Crippen LogP contribution is -2.07. The first-order valence-corrected chi connectivity index (χ1v) is 34.2. The van der Waals surface area contributed by atoms with Crippen molar-refractivity contribution in [3.8, 4) is 85.4 Å². The molecule has 476 valence electrons. The summed E-state index contributed by atoms with van der Waals surface area (Å²) in [5, 5.41) is 7.54. The number of ether oxygens (including phenoxy) is 3. The molecule has 3 aliphatic rings. The average molecular weight is 1290 g/mol. The molecule has 0 saturated carbocycles. The second kappa shape index (κ2) is 22.5. The summed E-state index contributed by atoms with van der Waals surface area (Å²) >= 11 is 0. The van der Waals surface area contributed by atoms with Crippen LogP contribution in [0.5, 0.6) is 34.5 Å². The van der Waals surface area contributed by atoms with Gasteiger partial charge in [0, 0.05) is 64.1 Å². The van der Waals surface area contributed by atoms with Crippen LogP contribution in [-0.2, 0) is 19.3 Å². The normalized spacial score (nSPS) is 12.3. The predicted molar refractivity (Wildman–Crippen MR) is 402 cm³/mol. The second-order valence-corrected chi connectivity index (χ2v) is 25.5. The van der Waals surface area contributed by atoms with Gasteiger partial charge in [-0.1, -0.05) is 185 Å². The Morgan fingerprint density at radius 2 is 0.660 bits per heavy atom. The lowest BCUT2D eigenvalue weighted by Gasteiger charge is -2.21. The van der Waals surface area contributed by atoms with Crippen molar-refractivity contribution in [1.29, 1.82) is 0 Å². The third kappa shape index (κ3) is 8.71. The third-order valence-electron chi connectivity index (χ3n) is 19.8. The average Bonchev–Trinajstić information content (AvgIpc) is 1.56. The van der Waals surface area contributed by atoms with Crippen LogP contribution in [0.25, 0.3) is 149 Å². The van der Waals surface area contributed by atoms with Crippen molar-refractivity contribution in [2.75, 3.05) is 0 Å². The van der Waals surface area contributed by atoms with Gasteiger partial charge in [0.2, 0.25) is 0 Å². The maximum absolute atomic E-state index is 6.47. The van der Waals surface area contributed by atoms with Crippen molar-refractivity contribution in [2.45, 2.75) is 40.0 Å². The molecule has 22 rings (SSSR count). The number of hydrogen-bond donors (Lipinski definition) is 0. The summed E-state index contributed by atoms with van der Waals surface area (Å²) < 4.78 is 30.6. The molecule has 6 aromatic heterocycles. The Kier molecular flexibility index (Phi) is 12.8. The van der Waals surface area contributed by atoms with Gasteiger partial charge in [0.15, 0.2) is 34.5 Å². The highest BCUT2D eigenvalue weighted by atomic mass is 16.5. The first kappa shape index (κ1) is 57.1. The lowest BCUT2D eigenvalue weighted by atomic mass is 10.0. The van der Waals surface area contributed by atoms with Crippen LogP contribution in [0.1, 0.15) is 38.2 Å². The highest BCUT2D eigenvalue weighted by Crippen LogP contribution is 2.49. The lowest BCUT2D eigenvalue weighted by molar-refractivity contribution is 0.474. The van der Waals surface area contributed by atoms with E-state index in [1.54, 1.807) is 0 Å². The molecule has 9 heterocycles. The third-order valence-corrected chi connectivity index (χ3v) is 19.8. The number of benzene rings is 13. The monoisotopic (exact) mass is 1290 g/mol. The van der Waals surface area contributed by atoms with Crippen molar-refractivity contribution in [3.05, 3.63) is 290 Å². The maximum atomic E-state index is 6.47. The number of rotatable bonds is 7. The van der Waals surface area contributed by atoms with Gasteiger partial charge in [-0.25, -0.2) is 24.9 Å². The Balaban J connectivity index is 0.000000101. The molecule has 0 saturated heterocycles. The van der Waals surface area contributed by atoms with E-state index in [0.29, 0.717) is 0 Å². The van der Waals surface area contributed by atoms with E-state index >= 15 is 0 Å². The van der Waals surface area contributed by atoms with Crippen LogP contribution in [0.3, 0.4) is 0 Å². The van der Waals surface area contributed by atoms with Gasteiger partial charge >= 0.3 is 0 Å². The summed E-state index contributed by atoms with van der Waals surface area (Å²) in [5.41, 5.74) is 21.2. The maximum Gasteiger partial charge on any atom is 0.155 e. The molecule has 0 N–H and O–H groups in total. The summed E-state index contributed by atoms with van der Waals surface area (Å²) in [7, 11) is 0. The number of nitrogens with zero attached hydrogens (tertiary/aromatic N) is 10. The molecule has 100 heavy (non-hydrogen) atoms. The molecular formula is C87H60N10O3. The molecule has 3 aliphatic heterocycles. The molecule has 0 bridgehead atoms. The Morgan fingerprint density at radius 3 is 1.17 bits per heavy atom.